The molecule has 1 amide bonds. The zero-order valence-corrected chi connectivity index (χ0v) is 16.7. The normalized spacial score (nSPS) is 12.0. The van der Waals surface area contributed by atoms with Crippen LogP contribution < -0.4 is 10.1 Å². The van der Waals surface area contributed by atoms with Crippen molar-refractivity contribution in [3.8, 4) is 16.9 Å². The minimum absolute atomic E-state index is 0.362. The molecule has 0 atom stereocenters. The molecule has 2 heterocycles. The van der Waals surface area contributed by atoms with Crippen LogP contribution >= 0.6 is 11.6 Å². The van der Waals surface area contributed by atoms with Gasteiger partial charge in [-0.1, -0.05) is 11.6 Å². The van der Waals surface area contributed by atoms with Gasteiger partial charge in [-0.2, -0.15) is 5.10 Å². The highest BCUT2D eigenvalue weighted by Gasteiger charge is 2.25. The molecule has 142 valence electrons. The van der Waals surface area contributed by atoms with Crippen LogP contribution in [0.3, 0.4) is 0 Å². The number of methoxy groups -OCH3 is 1. The smallest absolute Gasteiger partial charge is 0.408 e. The van der Waals surface area contributed by atoms with Crippen molar-refractivity contribution in [2.24, 2.45) is 0 Å². The van der Waals surface area contributed by atoms with Gasteiger partial charge in [-0.15, -0.1) is 0 Å². The Morgan fingerprint density at radius 2 is 1.96 bits per heavy atom. The van der Waals surface area contributed by atoms with Gasteiger partial charge in [-0.25, -0.2) is 9.78 Å². The molecule has 0 aliphatic heterocycles. The fourth-order valence-corrected chi connectivity index (χ4v) is 2.56. The molecule has 2 aromatic heterocycles. The van der Waals surface area contributed by atoms with Crippen LogP contribution in [-0.2, 0) is 11.3 Å². The van der Waals surface area contributed by atoms with Gasteiger partial charge in [0.15, 0.2) is 0 Å². The van der Waals surface area contributed by atoms with Crippen LogP contribution in [0.25, 0.3) is 11.1 Å². The van der Waals surface area contributed by atoms with Gasteiger partial charge in [-0.05, 0) is 34.6 Å². The number of alkyl carbamates (subject to hydrolysis) is 1. The van der Waals surface area contributed by atoms with E-state index < -0.39 is 17.2 Å². The topological polar surface area (TPSA) is 78.3 Å². The van der Waals surface area contributed by atoms with E-state index in [9.17, 15) is 4.79 Å². The molecule has 0 aliphatic carbocycles. The van der Waals surface area contributed by atoms with Crippen molar-refractivity contribution in [1.29, 1.82) is 0 Å². The van der Waals surface area contributed by atoms with Crippen molar-refractivity contribution < 1.29 is 14.3 Å². The molecule has 1 N–H and O–H groups in total. The zero-order valence-electron chi connectivity index (χ0n) is 16.0. The lowest BCUT2D eigenvalue weighted by molar-refractivity contribution is 0.0462. The molecule has 0 saturated heterocycles. The number of carbonyl (C=O) groups excluding carboxylic acids is 1. The fourth-order valence-electron chi connectivity index (χ4n) is 2.41. The summed E-state index contributed by atoms with van der Waals surface area (Å²) in [6.45, 7) is 9.76. The number of nitrogens with one attached hydrogen (secondary N) is 1. The number of hydrogen-bond acceptors (Lipinski definition) is 5. The van der Waals surface area contributed by atoms with Crippen LogP contribution in [0.15, 0.2) is 24.7 Å². The SMILES string of the molecule is COc1cc(Cl)ncc1-c1cnn(CC(C)(C)NC(=O)OC(C)(C)C)c1. The first kappa shape index (κ1) is 20.0. The number of pyridine rings is 1. The van der Waals surface area contributed by atoms with E-state index in [0.29, 0.717) is 17.4 Å². The standard InChI is InChI=1S/C18H25ClN4O3/c1-17(2,3)26-16(24)22-18(4,5)11-23-10-12(8-21-23)13-9-20-15(19)7-14(13)25-6/h7-10H,11H2,1-6H3,(H,22,24). The van der Waals surface area contributed by atoms with Crippen molar-refractivity contribution >= 4 is 17.7 Å². The lowest BCUT2D eigenvalue weighted by Crippen LogP contribution is -2.48. The van der Waals surface area contributed by atoms with Gasteiger partial charge in [0.1, 0.15) is 16.5 Å². The Morgan fingerprint density at radius 3 is 2.58 bits per heavy atom. The molecule has 2 rings (SSSR count). The summed E-state index contributed by atoms with van der Waals surface area (Å²) in [6, 6.07) is 1.65. The minimum Gasteiger partial charge on any atom is -0.496 e. The summed E-state index contributed by atoms with van der Waals surface area (Å²) in [6.07, 6.45) is 4.77. The Labute approximate surface area is 158 Å². The number of ether oxygens (including phenoxy) is 2. The summed E-state index contributed by atoms with van der Waals surface area (Å²) < 4.78 is 12.4. The molecule has 0 aromatic carbocycles. The second-order valence-electron chi connectivity index (χ2n) is 7.64. The van der Waals surface area contributed by atoms with Crippen molar-refractivity contribution in [2.45, 2.75) is 52.3 Å². The molecule has 0 bridgehead atoms. The predicted octanol–water partition coefficient (Wildman–Crippen LogP) is 3.91. The summed E-state index contributed by atoms with van der Waals surface area (Å²) in [5, 5.41) is 7.59. The first-order chi connectivity index (χ1) is 12.0. The Kier molecular flexibility index (Phi) is 5.81. The highest BCUT2D eigenvalue weighted by molar-refractivity contribution is 6.29. The van der Waals surface area contributed by atoms with E-state index in [1.165, 1.54) is 0 Å². The quantitative estimate of drug-likeness (QED) is 0.795. The summed E-state index contributed by atoms with van der Waals surface area (Å²) >= 11 is 5.91. The maximum absolute atomic E-state index is 12.0. The van der Waals surface area contributed by atoms with Gasteiger partial charge in [-0.3, -0.25) is 4.68 Å². The summed E-state index contributed by atoms with van der Waals surface area (Å²) in [5.74, 6) is 0.621. The van der Waals surface area contributed by atoms with E-state index in [4.69, 9.17) is 21.1 Å². The minimum atomic E-state index is -0.548. The third kappa shape index (κ3) is 5.62. The van der Waals surface area contributed by atoms with E-state index in [1.807, 2.05) is 40.8 Å². The number of hydrogen-bond donors (Lipinski definition) is 1. The van der Waals surface area contributed by atoms with Gasteiger partial charge in [0.25, 0.3) is 0 Å². The number of rotatable bonds is 5. The largest absolute Gasteiger partial charge is 0.496 e. The van der Waals surface area contributed by atoms with Crippen molar-refractivity contribution in [3.63, 3.8) is 0 Å². The molecule has 7 nitrogen and oxygen atoms in total. The molecule has 0 radical (unpaired) electrons. The van der Waals surface area contributed by atoms with Crippen molar-refractivity contribution in [1.82, 2.24) is 20.1 Å². The fraction of sp³-hybridized carbons (Fsp3) is 0.500. The van der Waals surface area contributed by atoms with Crippen LogP contribution in [0.4, 0.5) is 4.79 Å². The van der Waals surface area contributed by atoms with Crippen LogP contribution in [0.2, 0.25) is 5.15 Å². The van der Waals surface area contributed by atoms with E-state index in [-0.39, 0.29) is 0 Å². The van der Waals surface area contributed by atoms with Gasteiger partial charge < -0.3 is 14.8 Å². The average molecular weight is 381 g/mol. The van der Waals surface area contributed by atoms with Crippen LogP contribution in [0, 0.1) is 0 Å². The second kappa shape index (κ2) is 7.53. The zero-order chi connectivity index (χ0) is 19.5. The Bertz CT molecular complexity index is 781. The van der Waals surface area contributed by atoms with Crippen LogP contribution in [-0.4, -0.2) is 39.1 Å². The van der Waals surface area contributed by atoms with Crippen molar-refractivity contribution in [3.05, 3.63) is 29.8 Å². The predicted molar refractivity (Wildman–Crippen MR) is 100 cm³/mol. The third-order valence-corrected chi connectivity index (χ3v) is 3.60. The van der Waals surface area contributed by atoms with Gasteiger partial charge in [0, 0.05) is 29.6 Å². The van der Waals surface area contributed by atoms with E-state index in [1.54, 1.807) is 30.3 Å². The van der Waals surface area contributed by atoms with Crippen molar-refractivity contribution in [2.75, 3.05) is 7.11 Å². The van der Waals surface area contributed by atoms with Gasteiger partial charge >= 0.3 is 6.09 Å². The molecule has 0 unspecified atom stereocenters. The third-order valence-electron chi connectivity index (χ3n) is 3.39. The maximum atomic E-state index is 12.0. The Morgan fingerprint density at radius 1 is 1.27 bits per heavy atom. The highest BCUT2D eigenvalue weighted by atomic mass is 35.5. The lowest BCUT2D eigenvalue weighted by atomic mass is 10.1. The molecular formula is C18H25ClN4O3. The molecule has 8 heteroatoms. The molecular weight excluding hydrogens is 356 g/mol. The van der Waals surface area contributed by atoms with Gasteiger partial charge in [0.2, 0.25) is 0 Å². The Hall–Kier alpha value is -2.28. The molecule has 0 aliphatic rings. The molecule has 0 fully saturated rings. The molecule has 26 heavy (non-hydrogen) atoms. The van der Waals surface area contributed by atoms with E-state index in [2.05, 4.69) is 15.4 Å². The van der Waals surface area contributed by atoms with Gasteiger partial charge in [0.05, 0.1) is 25.4 Å². The number of nitrogens with zero attached hydrogens (tertiary/aromatic N) is 3. The number of halogens is 1. The number of carbonyl (C=O) groups is 1. The monoisotopic (exact) mass is 380 g/mol. The summed E-state index contributed by atoms with van der Waals surface area (Å²) in [7, 11) is 1.58. The molecule has 0 spiro atoms. The molecule has 0 saturated carbocycles. The Balaban J connectivity index is 2.11. The highest BCUT2D eigenvalue weighted by Crippen LogP contribution is 2.30. The van der Waals surface area contributed by atoms with Crippen LogP contribution in [0.5, 0.6) is 5.75 Å². The summed E-state index contributed by atoms with van der Waals surface area (Å²) in [4.78, 5) is 16.1. The lowest BCUT2D eigenvalue weighted by Gasteiger charge is -2.28. The first-order valence-electron chi connectivity index (χ1n) is 8.23. The second-order valence-corrected chi connectivity index (χ2v) is 8.03. The first-order valence-corrected chi connectivity index (χ1v) is 8.60. The average Bonchev–Trinajstić information content (AvgIpc) is 2.91. The number of amides is 1. The number of aromatic nitrogens is 3. The van der Waals surface area contributed by atoms with Crippen LogP contribution in [0.1, 0.15) is 34.6 Å². The van der Waals surface area contributed by atoms with E-state index in [0.717, 1.165) is 11.1 Å². The molecule has 2 aromatic rings. The summed E-state index contributed by atoms with van der Waals surface area (Å²) in [5.41, 5.74) is 0.547. The maximum Gasteiger partial charge on any atom is 0.408 e. The van der Waals surface area contributed by atoms with E-state index >= 15 is 0 Å².